The van der Waals surface area contributed by atoms with E-state index >= 15 is 0 Å². The van der Waals surface area contributed by atoms with Gasteiger partial charge in [-0.25, -0.2) is 4.98 Å². The molecule has 0 saturated heterocycles. The van der Waals surface area contributed by atoms with Gasteiger partial charge in [0.25, 0.3) is 0 Å². The summed E-state index contributed by atoms with van der Waals surface area (Å²) in [5, 5.41) is 1.27. The third kappa shape index (κ3) is 4.31. The van der Waals surface area contributed by atoms with E-state index in [4.69, 9.17) is 5.73 Å². The largest absolute Gasteiger partial charge is 0.332 e. The molecule has 1 unspecified atom stereocenters. The molecule has 0 radical (unpaired) electrons. The SMILES string of the molecule is CCCCCCCn1cc(CC(N)CC)c2cccnc21. The highest BCUT2D eigenvalue weighted by atomic mass is 15.0. The Morgan fingerprint density at radius 2 is 2.00 bits per heavy atom. The number of hydrogen-bond donors (Lipinski definition) is 1. The van der Waals surface area contributed by atoms with Gasteiger partial charge in [-0.1, -0.05) is 39.5 Å². The molecule has 2 rings (SSSR count). The van der Waals surface area contributed by atoms with Gasteiger partial charge in [0, 0.05) is 30.4 Å². The molecule has 2 aromatic rings. The Kier molecular flexibility index (Phi) is 6.24. The van der Waals surface area contributed by atoms with Gasteiger partial charge in [0.2, 0.25) is 0 Å². The van der Waals surface area contributed by atoms with Gasteiger partial charge in [-0.2, -0.15) is 0 Å². The Bertz CT molecular complexity index is 544. The summed E-state index contributed by atoms with van der Waals surface area (Å²) >= 11 is 0. The van der Waals surface area contributed by atoms with E-state index in [-0.39, 0.29) is 6.04 Å². The van der Waals surface area contributed by atoms with E-state index < -0.39 is 0 Å². The Morgan fingerprint density at radius 3 is 2.76 bits per heavy atom. The molecule has 2 N–H and O–H groups in total. The predicted octanol–water partition coefficient (Wildman–Crippen LogP) is 4.29. The zero-order valence-corrected chi connectivity index (χ0v) is 13.5. The Balaban J connectivity index is 2.08. The molecule has 3 heteroatoms. The minimum absolute atomic E-state index is 0.244. The van der Waals surface area contributed by atoms with Crippen molar-refractivity contribution in [1.82, 2.24) is 9.55 Å². The summed E-state index contributed by atoms with van der Waals surface area (Å²) in [6, 6.07) is 4.44. The number of aromatic nitrogens is 2. The molecular weight excluding hydrogens is 258 g/mol. The molecule has 1 atom stereocenters. The van der Waals surface area contributed by atoms with Gasteiger partial charge >= 0.3 is 0 Å². The molecule has 0 aliphatic rings. The molecule has 0 aliphatic heterocycles. The molecule has 3 nitrogen and oxygen atoms in total. The van der Waals surface area contributed by atoms with Crippen molar-refractivity contribution in [3.63, 3.8) is 0 Å². The van der Waals surface area contributed by atoms with Crippen molar-refractivity contribution in [2.75, 3.05) is 0 Å². The predicted molar refractivity (Wildman–Crippen MR) is 90.5 cm³/mol. The minimum atomic E-state index is 0.244. The summed E-state index contributed by atoms with van der Waals surface area (Å²) in [5.74, 6) is 0. The van der Waals surface area contributed by atoms with Gasteiger partial charge in [0.15, 0.2) is 0 Å². The zero-order valence-electron chi connectivity index (χ0n) is 13.5. The molecule has 0 saturated carbocycles. The second-order valence-electron chi connectivity index (χ2n) is 6.01. The topological polar surface area (TPSA) is 43.8 Å². The van der Waals surface area contributed by atoms with Crippen LogP contribution in [0.15, 0.2) is 24.5 Å². The van der Waals surface area contributed by atoms with Crippen LogP contribution in [0.25, 0.3) is 11.0 Å². The van der Waals surface area contributed by atoms with Crippen LogP contribution in [-0.2, 0) is 13.0 Å². The van der Waals surface area contributed by atoms with E-state index in [9.17, 15) is 0 Å². The van der Waals surface area contributed by atoms with E-state index in [0.29, 0.717) is 0 Å². The molecule has 0 aliphatic carbocycles. The fourth-order valence-corrected chi connectivity index (χ4v) is 2.84. The van der Waals surface area contributed by atoms with Gasteiger partial charge in [0.1, 0.15) is 5.65 Å². The first-order valence-corrected chi connectivity index (χ1v) is 8.44. The van der Waals surface area contributed by atoms with Crippen molar-refractivity contribution < 1.29 is 0 Å². The van der Waals surface area contributed by atoms with Crippen molar-refractivity contribution in [1.29, 1.82) is 0 Å². The summed E-state index contributed by atoms with van der Waals surface area (Å²) in [6.07, 6.45) is 12.7. The quantitative estimate of drug-likeness (QED) is 0.699. The second-order valence-corrected chi connectivity index (χ2v) is 6.01. The maximum absolute atomic E-state index is 6.13. The van der Waals surface area contributed by atoms with E-state index in [1.165, 1.54) is 43.1 Å². The third-order valence-electron chi connectivity index (χ3n) is 4.23. The highest BCUT2D eigenvalue weighted by molar-refractivity contribution is 5.80. The number of hydrogen-bond acceptors (Lipinski definition) is 2. The van der Waals surface area contributed by atoms with Crippen LogP contribution in [0.2, 0.25) is 0 Å². The Morgan fingerprint density at radius 1 is 1.19 bits per heavy atom. The van der Waals surface area contributed by atoms with Crippen molar-refractivity contribution in [2.24, 2.45) is 5.73 Å². The van der Waals surface area contributed by atoms with Crippen molar-refractivity contribution >= 4 is 11.0 Å². The first-order chi connectivity index (χ1) is 10.3. The number of aryl methyl sites for hydroxylation is 1. The summed E-state index contributed by atoms with van der Waals surface area (Å²) in [5.41, 5.74) is 8.60. The standard InChI is InChI=1S/C18H29N3/c1-3-5-6-7-8-12-21-14-15(13-16(19)4-2)17-10-9-11-20-18(17)21/h9-11,14,16H,3-8,12-13,19H2,1-2H3. The van der Waals surface area contributed by atoms with Crippen molar-refractivity contribution in [3.05, 3.63) is 30.1 Å². The first-order valence-electron chi connectivity index (χ1n) is 8.44. The molecule has 116 valence electrons. The third-order valence-corrected chi connectivity index (χ3v) is 4.23. The summed E-state index contributed by atoms with van der Waals surface area (Å²) < 4.78 is 2.32. The summed E-state index contributed by atoms with van der Waals surface area (Å²) in [4.78, 5) is 4.57. The zero-order chi connectivity index (χ0) is 15.1. The van der Waals surface area contributed by atoms with Crippen LogP contribution in [-0.4, -0.2) is 15.6 Å². The number of nitrogens with zero attached hydrogens (tertiary/aromatic N) is 2. The van der Waals surface area contributed by atoms with Gasteiger partial charge in [-0.15, -0.1) is 0 Å². The van der Waals surface area contributed by atoms with Crippen LogP contribution in [0, 0.1) is 0 Å². The highest BCUT2D eigenvalue weighted by Crippen LogP contribution is 2.21. The van der Waals surface area contributed by atoms with Gasteiger partial charge < -0.3 is 10.3 Å². The molecule has 0 spiro atoms. The lowest BCUT2D eigenvalue weighted by Gasteiger charge is -2.06. The van der Waals surface area contributed by atoms with Crippen LogP contribution in [0.3, 0.4) is 0 Å². The Hall–Kier alpha value is -1.35. The van der Waals surface area contributed by atoms with Crippen LogP contribution < -0.4 is 5.73 Å². The van der Waals surface area contributed by atoms with Crippen LogP contribution >= 0.6 is 0 Å². The van der Waals surface area contributed by atoms with E-state index in [0.717, 1.165) is 25.0 Å². The Labute approximate surface area is 128 Å². The fraction of sp³-hybridized carbons (Fsp3) is 0.611. The smallest absolute Gasteiger partial charge is 0.140 e. The highest BCUT2D eigenvalue weighted by Gasteiger charge is 2.11. The van der Waals surface area contributed by atoms with Crippen molar-refractivity contribution in [3.8, 4) is 0 Å². The average Bonchev–Trinajstić information content (AvgIpc) is 2.85. The molecular formula is C18H29N3. The van der Waals surface area contributed by atoms with E-state index in [2.05, 4.69) is 35.7 Å². The molecule has 2 aromatic heterocycles. The number of unbranched alkanes of at least 4 members (excludes halogenated alkanes) is 4. The maximum Gasteiger partial charge on any atom is 0.140 e. The molecule has 0 fully saturated rings. The lowest BCUT2D eigenvalue weighted by Crippen LogP contribution is -2.21. The van der Waals surface area contributed by atoms with E-state index in [1.807, 2.05) is 12.3 Å². The monoisotopic (exact) mass is 287 g/mol. The lowest BCUT2D eigenvalue weighted by atomic mass is 10.1. The van der Waals surface area contributed by atoms with Crippen LogP contribution in [0.5, 0.6) is 0 Å². The summed E-state index contributed by atoms with van der Waals surface area (Å²) in [7, 11) is 0. The van der Waals surface area contributed by atoms with Crippen LogP contribution in [0.4, 0.5) is 0 Å². The number of rotatable bonds is 9. The van der Waals surface area contributed by atoms with Crippen LogP contribution in [0.1, 0.15) is 57.9 Å². The molecule has 0 bridgehead atoms. The number of fused-ring (bicyclic) bond motifs is 1. The maximum atomic E-state index is 6.13. The lowest BCUT2D eigenvalue weighted by molar-refractivity contribution is 0.573. The number of pyridine rings is 1. The second kappa shape index (κ2) is 8.18. The number of nitrogens with two attached hydrogens (primary N) is 1. The van der Waals surface area contributed by atoms with Gasteiger partial charge in [-0.05, 0) is 37.0 Å². The van der Waals surface area contributed by atoms with E-state index in [1.54, 1.807) is 0 Å². The van der Waals surface area contributed by atoms with Gasteiger partial charge in [0.05, 0.1) is 0 Å². The normalized spacial score (nSPS) is 12.9. The molecule has 0 amide bonds. The molecule has 21 heavy (non-hydrogen) atoms. The first kappa shape index (κ1) is 16.0. The fourth-order valence-electron chi connectivity index (χ4n) is 2.84. The minimum Gasteiger partial charge on any atom is -0.332 e. The summed E-state index contributed by atoms with van der Waals surface area (Å²) in [6.45, 7) is 5.47. The van der Waals surface area contributed by atoms with Crippen molar-refractivity contribution in [2.45, 2.75) is 71.4 Å². The van der Waals surface area contributed by atoms with Gasteiger partial charge in [-0.3, -0.25) is 0 Å². The average molecular weight is 287 g/mol. The molecule has 2 heterocycles. The molecule has 0 aromatic carbocycles.